The number of amides is 2. The minimum Gasteiger partial charge on any atom is -0.480 e. The SMILES string of the molecule is CCCCCCCNC(=O)N(C)c1cccc(-c2ccc(C[C@H](NCc3cccc(Oc4ccccc4)c3)C(=O)O)cc2)c1. The van der Waals surface area contributed by atoms with Crippen LogP contribution in [0.4, 0.5) is 10.5 Å². The van der Waals surface area contributed by atoms with Crippen molar-refractivity contribution in [3.8, 4) is 22.6 Å². The van der Waals surface area contributed by atoms with Gasteiger partial charge < -0.3 is 20.5 Å². The molecule has 0 heterocycles. The van der Waals surface area contributed by atoms with E-state index in [1.54, 1.807) is 11.9 Å². The van der Waals surface area contributed by atoms with E-state index < -0.39 is 12.0 Å². The van der Waals surface area contributed by atoms with Crippen LogP contribution in [-0.2, 0) is 17.8 Å². The molecule has 4 aromatic rings. The van der Waals surface area contributed by atoms with Crippen LogP contribution in [0.5, 0.6) is 11.5 Å². The molecule has 0 aromatic heterocycles. The van der Waals surface area contributed by atoms with E-state index in [9.17, 15) is 14.7 Å². The maximum Gasteiger partial charge on any atom is 0.321 e. The van der Waals surface area contributed by atoms with E-state index in [1.807, 2.05) is 103 Å². The molecule has 44 heavy (non-hydrogen) atoms. The Hall–Kier alpha value is -4.62. The van der Waals surface area contributed by atoms with Crippen molar-refractivity contribution in [2.45, 2.75) is 58.0 Å². The third-order valence-corrected chi connectivity index (χ3v) is 7.55. The molecule has 4 rings (SSSR count). The van der Waals surface area contributed by atoms with E-state index in [0.29, 0.717) is 25.3 Å². The van der Waals surface area contributed by atoms with Gasteiger partial charge in [-0.05, 0) is 71.5 Å². The van der Waals surface area contributed by atoms with E-state index in [-0.39, 0.29) is 6.03 Å². The number of anilines is 1. The largest absolute Gasteiger partial charge is 0.480 e. The topological polar surface area (TPSA) is 90.9 Å². The van der Waals surface area contributed by atoms with Gasteiger partial charge in [0.05, 0.1) is 0 Å². The number of nitrogens with zero attached hydrogens (tertiary/aromatic N) is 1. The molecular formula is C37H43N3O4. The number of rotatable bonds is 16. The van der Waals surface area contributed by atoms with Crippen LogP contribution in [0.25, 0.3) is 11.1 Å². The summed E-state index contributed by atoms with van der Waals surface area (Å²) in [5.74, 6) is 0.546. The summed E-state index contributed by atoms with van der Waals surface area (Å²) in [5.41, 5.74) is 4.64. The van der Waals surface area contributed by atoms with Gasteiger partial charge in [-0.25, -0.2) is 4.79 Å². The van der Waals surface area contributed by atoms with Crippen molar-refractivity contribution in [3.05, 3.63) is 114 Å². The number of nitrogens with one attached hydrogen (secondary N) is 2. The fourth-order valence-electron chi connectivity index (χ4n) is 4.95. The lowest BCUT2D eigenvalue weighted by molar-refractivity contribution is -0.139. The van der Waals surface area contributed by atoms with Gasteiger partial charge in [0.25, 0.3) is 0 Å². The molecule has 1 atom stereocenters. The van der Waals surface area contributed by atoms with Gasteiger partial charge in [0, 0.05) is 25.8 Å². The summed E-state index contributed by atoms with van der Waals surface area (Å²) in [5, 5.41) is 16.1. The number of ether oxygens (including phenoxy) is 1. The molecule has 0 aliphatic carbocycles. The zero-order chi connectivity index (χ0) is 31.1. The number of hydrogen-bond donors (Lipinski definition) is 3. The second-order valence-electron chi connectivity index (χ2n) is 11.0. The van der Waals surface area contributed by atoms with Crippen LogP contribution in [-0.4, -0.2) is 36.7 Å². The first-order valence-corrected chi connectivity index (χ1v) is 15.4. The Morgan fingerprint density at radius 1 is 0.773 bits per heavy atom. The van der Waals surface area contributed by atoms with Gasteiger partial charge >= 0.3 is 12.0 Å². The molecule has 7 heteroatoms. The predicted octanol–water partition coefficient (Wildman–Crippen LogP) is 8.05. The van der Waals surface area contributed by atoms with E-state index in [0.717, 1.165) is 46.5 Å². The van der Waals surface area contributed by atoms with E-state index in [4.69, 9.17) is 4.74 Å². The summed E-state index contributed by atoms with van der Waals surface area (Å²) in [4.78, 5) is 26.4. The lowest BCUT2D eigenvalue weighted by Gasteiger charge is -2.19. The van der Waals surface area contributed by atoms with E-state index >= 15 is 0 Å². The van der Waals surface area contributed by atoms with Crippen molar-refractivity contribution in [1.82, 2.24) is 10.6 Å². The smallest absolute Gasteiger partial charge is 0.321 e. The van der Waals surface area contributed by atoms with E-state index in [1.165, 1.54) is 19.3 Å². The first kappa shape index (κ1) is 32.3. The summed E-state index contributed by atoms with van der Waals surface area (Å²) < 4.78 is 5.91. The quantitative estimate of drug-likeness (QED) is 0.114. The molecule has 230 valence electrons. The molecule has 0 bridgehead atoms. The first-order valence-electron chi connectivity index (χ1n) is 15.4. The highest BCUT2D eigenvalue weighted by Crippen LogP contribution is 2.26. The Morgan fingerprint density at radius 2 is 1.50 bits per heavy atom. The zero-order valence-corrected chi connectivity index (χ0v) is 25.7. The Morgan fingerprint density at radius 3 is 2.25 bits per heavy atom. The molecule has 0 saturated carbocycles. The van der Waals surface area contributed by atoms with Gasteiger partial charge in [-0.1, -0.05) is 99.3 Å². The maximum absolute atomic E-state index is 12.7. The molecule has 0 radical (unpaired) electrons. The average Bonchev–Trinajstić information content (AvgIpc) is 3.05. The Balaban J connectivity index is 1.32. The van der Waals surface area contributed by atoms with Gasteiger partial charge in [-0.3, -0.25) is 9.69 Å². The minimum absolute atomic E-state index is 0.115. The van der Waals surface area contributed by atoms with Crippen LogP contribution in [0.1, 0.15) is 50.2 Å². The summed E-state index contributed by atoms with van der Waals surface area (Å²) in [6, 6.07) is 32.1. The Labute approximate surface area is 260 Å². The highest BCUT2D eigenvalue weighted by molar-refractivity contribution is 5.92. The monoisotopic (exact) mass is 593 g/mol. The molecule has 0 aliphatic rings. The summed E-state index contributed by atoms with van der Waals surface area (Å²) in [6.45, 7) is 3.27. The molecular weight excluding hydrogens is 550 g/mol. The summed E-state index contributed by atoms with van der Waals surface area (Å²) in [7, 11) is 1.78. The van der Waals surface area contributed by atoms with Crippen molar-refractivity contribution in [3.63, 3.8) is 0 Å². The zero-order valence-electron chi connectivity index (χ0n) is 25.7. The van der Waals surface area contributed by atoms with Crippen molar-refractivity contribution in [2.24, 2.45) is 0 Å². The van der Waals surface area contributed by atoms with Gasteiger partial charge in [-0.2, -0.15) is 0 Å². The van der Waals surface area contributed by atoms with Crippen LogP contribution < -0.4 is 20.3 Å². The summed E-state index contributed by atoms with van der Waals surface area (Å²) >= 11 is 0. The minimum atomic E-state index is -0.902. The Bertz CT molecular complexity index is 1470. The number of urea groups is 1. The van der Waals surface area contributed by atoms with Crippen molar-refractivity contribution in [1.29, 1.82) is 0 Å². The highest BCUT2D eigenvalue weighted by atomic mass is 16.5. The lowest BCUT2D eigenvalue weighted by atomic mass is 10.00. The third kappa shape index (κ3) is 9.99. The fourth-order valence-corrected chi connectivity index (χ4v) is 4.95. The Kier molecular flexibility index (Phi) is 12.4. The number of carbonyl (C=O) groups is 2. The van der Waals surface area contributed by atoms with Crippen molar-refractivity contribution >= 4 is 17.7 Å². The van der Waals surface area contributed by atoms with Gasteiger partial charge in [-0.15, -0.1) is 0 Å². The standard InChI is InChI=1S/C37H43N3O4/c1-3-4-5-6-10-23-38-37(43)40(2)32-15-12-14-31(26-32)30-21-19-28(20-22-30)25-35(36(41)42)39-27-29-13-11-18-34(24-29)44-33-16-8-7-9-17-33/h7-9,11-22,24,26,35,39H,3-6,10,23,25,27H2,1-2H3,(H,38,43)(H,41,42)/t35-/m0/s1. The van der Waals surface area contributed by atoms with Crippen LogP contribution in [0.15, 0.2) is 103 Å². The fraction of sp³-hybridized carbons (Fsp3) is 0.297. The van der Waals surface area contributed by atoms with Crippen LogP contribution in [0, 0.1) is 0 Å². The molecule has 3 N–H and O–H groups in total. The number of benzene rings is 4. The molecule has 0 unspecified atom stereocenters. The first-order chi connectivity index (χ1) is 21.4. The number of carboxylic acid groups (broad SMARTS) is 1. The summed E-state index contributed by atoms with van der Waals surface area (Å²) in [6.07, 6.45) is 6.11. The predicted molar refractivity (Wildman–Crippen MR) is 177 cm³/mol. The van der Waals surface area contributed by atoms with Gasteiger partial charge in [0.1, 0.15) is 17.5 Å². The average molecular weight is 594 g/mol. The molecule has 0 fully saturated rings. The maximum atomic E-state index is 12.7. The lowest BCUT2D eigenvalue weighted by Crippen LogP contribution is -2.38. The highest BCUT2D eigenvalue weighted by Gasteiger charge is 2.18. The molecule has 0 saturated heterocycles. The number of carboxylic acids is 1. The number of para-hydroxylation sites is 1. The van der Waals surface area contributed by atoms with E-state index in [2.05, 4.69) is 17.6 Å². The second-order valence-corrected chi connectivity index (χ2v) is 11.0. The number of hydrogen-bond acceptors (Lipinski definition) is 4. The number of carbonyl (C=O) groups excluding carboxylic acids is 1. The van der Waals surface area contributed by atoms with Crippen LogP contribution in [0.3, 0.4) is 0 Å². The van der Waals surface area contributed by atoms with Gasteiger partial charge in [0.2, 0.25) is 0 Å². The normalized spacial score (nSPS) is 11.5. The molecule has 0 spiro atoms. The van der Waals surface area contributed by atoms with Crippen LogP contribution in [0.2, 0.25) is 0 Å². The van der Waals surface area contributed by atoms with Crippen molar-refractivity contribution in [2.75, 3.05) is 18.5 Å². The number of aliphatic carboxylic acids is 1. The molecule has 4 aromatic carbocycles. The molecule has 7 nitrogen and oxygen atoms in total. The third-order valence-electron chi connectivity index (χ3n) is 7.55. The molecule has 0 aliphatic heterocycles. The van der Waals surface area contributed by atoms with Crippen molar-refractivity contribution < 1.29 is 19.4 Å². The van der Waals surface area contributed by atoms with Gasteiger partial charge in [0.15, 0.2) is 0 Å². The second kappa shape index (κ2) is 16.9. The number of unbranched alkanes of at least 4 members (excludes halogenated alkanes) is 4. The van der Waals surface area contributed by atoms with Crippen LogP contribution >= 0.6 is 0 Å². The molecule has 2 amide bonds.